The minimum absolute atomic E-state index is 0.125. The maximum Gasteiger partial charge on any atom is 0.303 e. The normalized spacial score (nSPS) is 11.4. The highest BCUT2D eigenvalue weighted by molar-refractivity contribution is 5.82. The van der Waals surface area contributed by atoms with Gasteiger partial charge in [-0.2, -0.15) is 0 Å². The number of H-pyrrole nitrogens is 1. The molecule has 0 aliphatic carbocycles. The summed E-state index contributed by atoms with van der Waals surface area (Å²) in [7, 11) is 0. The van der Waals surface area contributed by atoms with E-state index in [1.54, 1.807) is 0 Å². The minimum atomic E-state index is -0.788. The van der Waals surface area contributed by atoms with E-state index in [0.29, 0.717) is 12.3 Å². The first kappa shape index (κ1) is 13.5. The quantitative estimate of drug-likeness (QED) is 0.866. The van der Waals surface area contributed by atoms with Gasteiger partial charge in [0.05, 0.1) is 5.69 Å². The molecule has 5 nitrogen and oxygen atoms in total. The van der Waals surface area contributed by atoms with Crippen molar-refractivity contribution < 1.29 is 9.90 Å². The van der Waals surface area contributed by atoms with Gasteiger partial charge in [0.15, 0.2) is 0 Å². The van der Waals surface area contributed by atoms with Gasteiger partial charge in [0, 0.05) is 24.4 Å². The molecule has 0 aromatic carbocycles. The van der Waals surface area contributed by atoms with Crippen LogP contribution in [0.1, 0.15) is 37.4 Å². The van der Waals surface area contributed by atoms with E-state index in [2.05, 4.69) is 28.8 Å². The number of nitrogens with one attached hydrogen (secondary N) is 1. The number of nitrogens with zero attached hydrogens (tertiary/aromatic N) is 2. The Morgan fingerprint density at radius 2 is 2.16 bits per heavy atom. The first-order valence-corrected chi connectivity index (χ1v) is 6.52. The SMILES string of the molecule is Cc1nc(CC(C)C)nc2[nH]cc(CCC(=O)O)c12. The summed E-state index contributed by atoms with van der Waals surface area (Å²) in [6.45, 7) is 6.22. The van der Waals surface area contributed by atoms with Crippen LogP contribution < -0.4 is 0 Å². The first-order chi connectivity index (χ1) is 8.97. The Kier molecular flexibility index (Phi) is 3.83. The topological polar surface area (TPSA) is 78.9 Å². The molecule has 5 heteroatoms. The van der Waals surface area contributed by atoms with Gasteiger partial charge in [0.2, 0.25) is 0 Å². The van der Waals surface area contributed by atoms with Crippen LogP contribution in [0.5, 0.6) is 0 Å². The summed E-state index contributed by atoms with van der Waals surface area (Å²) < 4.78 is 0. The van der Waals surface area contributed by atoms with Crippen LogP contribution in [-0.4, -0.2) is 26.0 Å². The molecule has 102 valence electrons. The number of hydrogen-bond donors (Lipinski definition) is 2. The Bertz CT molecular complexity index is 602. The molecule has 0 radical (unpaired) electrons. The molecule has 0 amide bonds. The van der Waals surface area contributed by atoms with E-state index in [1.165, 1.54) is 0 Å². The van der Waals surface area contributed by atoms with Crippen LogP contribution in [0.25, 0.3) is 11.0 Å². The molecule has 2 aromatic heterocycles. The highest BCUT2D eigenvalue weighted by atomic mass is 16.4. The van der Waals surface area contributed by atoms with E-state index in [0.717, 1.165) is 34.5 Å². The summed E-state index contributed by atoms with van der Waals surface area (Å²) in [6.07, 6.45) is 3.32. The second-order valence-corrected chi connectivity index (χ2v) is 5.25. The molecule has 2 N–H and O–H groups in total. The smallest absolute Gasteiger partial charge is 0.303 e. The molecular weight excluding hydrogens is 242 g/mol. The Balaban J connectivity index is 2.35. The molecule has 0 aliphatic rings. The lowest BCUT2D eigenvalue weighted by atomic mass is 10.1. The van der Waals surface area contributed by atoms with Crippen molar-refractivity contribution in [1.82, 2.24) is 15.0 Å². The van der Waals surface area contributed by atoms with Crippen LogP contribution >= 0.6 is 0 Å². The van der Waals surface area contributed by atoms with Crippen molar-refractivity contribution in [2.45, 2.75) is 40.0 Å². The van der Waals surface area contributed by atoms with Gasteiger partial charge in [-0.1, -0.05) is 13.8 Å². The average molecular weight is 261 g/mol. The van der Waals surface area contributed by atoms with E-state index in [1.807, 2.05) is 13.1 Å². The molecule has 0 fully saturated rings. The van der Waals surface area contributed by atoms with Crippen LogP contribution in [0.3, 0.4) is 0 Å². The van der Waals surface area contributed by atoms with Crippen molar-refractivity contribution in [3.8, 4) is 0 Å². The van der Waals surface area contributed by atoms with E-state index < -0.39 is 5.97 Å². The predicted molar refractivity (Wildman–Crippen MR) is 73.1 cm³/mol. The molecule has 0 unspecified atom stereocenters. The summed E-state index contributed by atoms with van der Waals surface area (Å²) in [5.41, 5.74) is 2.71. The number of aromatic nitrogens is 3. The zero-order valence-corrected chi connectivity index (χ0v) is 11.5. The molecule has 2 aromatic rings. The fourth-order valence-electron chi connectivity index (χ4n) is 2.24. The van der Waals surface area contributed by atoms with Gasteiger partial charge in [-0.25, -0.2) is 9.97 Å². The number of carboxylic acids is 1. The maximum absolute atomic E-state index is 10.6. The van der Waals surface area contributed by atoms with Crippen molar-refractivity contribution in [2.24, 2.45) is 5.92 Å². The molecule has 0 aliphatic heterocycles. The standard InChI is InChI=1S/C14H19N3O2/c1-8(2)6-11-16-9(3)13-10(4-5-12(18)19)7-15-14(13)17-11/h7-8H,4-6H2,1-3H3,(H,18,19)(H,15,16,17). The van der Waals surface area contributed by atoms with Crippen molar-refractivity contribution in [2.75, 3.05) is 0 Å². The zero-order valence-electron chi connectivity index (χ0n) is 11.5. The summed E-state index contributed by atoms with van der Waals surface area (Å²) in [6, 6.07) is 0. The fourth-order valence-corrected chi connectivity index (χ4v) is 2.24. The van der Waals surface area contributed by atoms with Crippen molar-refractivity contribution in [3.63, 3.8) is 0 Å². The molecule has 2 rings (SSSR count). The molecule has 0 spiro atoms. The maximum atomic E-state index is 10.6. The number of rotatable bonds is 5. The fraction of sp³-hybridized carbons (Fsp3) is 0.500. The van der Waals surface area contributed by atoms with Crippen molar-refractivity contribution in [1.29, 1.82) is 0 Å². The summed E-state index contributed by atoms with van der Waals surface area (Å²) in [5, 5.41) is 9.72. The summed E-state index contributed by atoms with van der Waals surface area (Å²) >= 11 is 0. The van der Waals surface area contributed by atoms with Gasteiger partial charge in [0.25, 0.3) is 0 Å². The van der Waals surface area contributed by atoms with Crippen LogP contribution in [-0.2, 0) is 17.6 Å². The van der Waals surface area contributed by atoms with E-state index >= 15 is 0 Å². The monoisotopic (exact) mass is 261 g/mol. The molecule has 19 heavy (non-hydrogen) atoms. The molecule has 0 atom stereocenters. The van der Waals surface area contributed by atoms with Gasteiger partial charge in [-0.3, -0.25) is 4.79 Å². The number of fused-ring (bicyclic) bond motifs is 1. The number of aliphatic carboxylic acids is 1. The van der Waals surface area contributed by atoms with Crippen molar-refractivity contribution in [3.05, 3.63) is 23.3 Å². The third-order valence-electron chi connectivity index (χ3n) is 3.04. The number of hydrogen-bond acceptors (Lipinski definition) is 3. The Morgan fingerprint density at radius 3 is 2.79 bits per heavy atom. The van der Waals surface area contributed by atoms with Gasteiger partial charge >= 0.3 is 5.97 Å². The first-order valence-electron chi connectivity index (χ1n) is 6.52. The number of carbonyl (C=O) groups is 1. The highest BCUT2D eigenvalue weighted by Gasteiger charge is 2.12. The van der Waals surface area contributed by atoms with Gasteiger partial charge in [-0.05, 0) is 24.8 Å². The second kappa shape index (κ2) is 5.38. The van der Waals surface area contributed by atoms with Crippen LogP contribution in [0.4, 0.5) is 0 Å². The van der Waals surface area contributed by atoms with Crippen LogP contribution in [0, 0.1) is 12.8 Å². The minimum Gasteiger partial charge on any atom is -0.481 e. The van der Waals surface area contributed by atoms with Gasteiger partial charge in [0.1, 0.15) is 11.5 Å². The van der Waals surface area contributed by atoms with Gasteiger partial charge in [-0.15, -0.1) is 0 Å². The van der Waals surface area contributed by atoms with Crippen LogP contribution in [0.15, 0.2) is 6.20 Å². The number of aryl methyl sites for hydroxylation is 2. The Morgan fingerprint density at radius 1 is 1.42 bits per heavy atom. The molecule has 2 heterocycles. The summed E-state index contributed by atoms with van der Waals surface area (Å²) in [4.78, 5) is 22.8. The third kappa shape index (κ3) is 3.10. The number of aromatic amines is 1. The summed E-state index contributed by atoms with van der Waals surface area (Å²) in [5.74, 6) is 0.564. The van der Waals surface area contributed by atoms with E-state index in [9.17, 15) is 4.79 Å². The molecular formula is C14H19N3O2. The van der Waals surface area contributed by atoms with Crippen LogP contribution in [0.2, 0.25) is 0 Å². The zero-order chi connectivity index (χ0) is 14.0. The second-order valence-electron chi connectivity index (χ2n) is 5.25. The largest absolute Gasteiger partial charge is 0.481 e. The Hall–Kier alpha value is -1.91. The molecule has 0 saturated heterocycles. The van der Waals surface area contributed by atoms with E-state index in [4.69, 9.17) is 5.11 Å². The third-order valence-corrected chi connectivity index (χ3v) is 3.04. The predicted octanol–water partition coefficient (Wildman–Crippen LogP) is 2.48. The van der Waals surface area contributed by atoms with E-state index in [-0.39, 0.29) is 6.42 Å². The highest BCUT2D eigenvalue weighted by Crippen LogP contribution is 2.21. The lowest BCUT2D eigenvalue weighted by Crippen LogP contribution is -2.03. The van der Waals surface area contributed by atoms with Crippen molar-refractivity contribution >= 4 is 17.0 Å². The van der Waals surface area contributed by atoms with Gasteiger partial charge < -0.3 is 10.1 Å². The Labute approximate surface area is 112 Å². The lowest BCUT2D eigenvalue weighted by Gasteiger charge is -2.06. The average Bonchev–Trinajstić information content (AvgIpc) is 2.68. The molecule has 0 saturated carbocycles. The molecule has 0 bridgehead atoms. The lowest BCUT2D eigenvalue weighted by molar-refractivity contribution is -0.136. The number of carboxylic acid groups (broad SMARTS) is 1.